The third-order valence-electron chi connectivity index (χ3n) is 4.37. The van der Waals surface area contributed by atoms with Crippen LogP contribution in [0.2, 0.25) is 0 Å². The highest BCUT2D eigenvalue weighted by atomic mass is 16.5. The van der Waals surface area contributed by atoms with Crippen LogP contribution in [0.1, 0.15) is 30.8 Å². The molecule has 1 atom stereocenters. The van der Waals surface area contributed by atoms with Gasteiger partial charge in [-0.25, -0.2) is 4.98 Å². The predicted octanol–water partition coefficient (Wildman–Crippen LogP) is 3.14. The summed E-state index contributed by atoms with van der Waals surface area (Å²) in [7, 11) is 0. The molecule has 1 aliphatic rings. The zero-order valence-electron chi connectivity index (χ0n) is 14.6. The number of hydrogen-bond acceptors (Lipinski definition) is 4. The van der Waals surface area contributed by atoms with Gasteiger partial charge in [-0.2, -0.15) is 0 Å². The van der Waals surface area contributed by atoms with Crippen LogP contribution in [0.3, 0.4) is 0 Å². The second-order valence-corrected chi connectivity index (χ2v) is 6.44. The van der Waals surface area contributed by atoms with E-state index < -0.39 is 0 Å². The van der Waals surface area contributed by atoms with Crippen LogP contribution in [-0.2, 0) is 11.2 Å². The van der Waals surface area contributed by atoms with Crippen molar-refractivity contribution < 1.29 is 14.3 Å². The Hall–Kier alpha value is -3.02. The van der Waals surface area contributed by atoms with Crippen LogP contribution in [0.25, 0.3) is 11.0 Å². The number of H-pyrrole nitrogens is 1. The predicted molar refractivity (Wildman–Crippen MR) is 98.4 cm³/mol. The first kappa shape index (κ1) is 16.4. The van der Waals surface area contributed by atoms with Crippen LogP contribution >= 0.6 is 0 Å². The SMILES string of the molecule is C[C@@H](NC(=O)Cc1ccc2c(c1)OCCCO2)c1nc2ccccc2[nH]1. The number of ether oxygens (including phenoxy) is 2. The second kappa shape index (κ2) is 7.07. The summed E-state index contributed by atoms with van der Waals surface area (Å²) in [6, 6.07) is 13.3. The third kappa shape index (κ3) is 3.49. The summed E-state index contributed by atoms with van der Waals surface area (Å²) in [5.41, 5.74) is 2.75. The molecule has 0 saturated heterocycles. The lowest BCUT2D eigenvalue weighted by molar-refractivity contribution is -0.121. The molecule has 6 nitrogen and oxygen atoms in total. The fraction of sp³-hybridized carbons (Fsp3) is 0.300. The average Bonchev–Trinajstić information content (AvgIpc) is 2.94. The van der Waals surface area contributed by atoms with Crippen molar-refractivity contribution in [1.29, 1.82) is 0 Å². The fourth-order valence-electron chi connectivity index (χ4n) is 3.04. The van der Waals surface area contributed by atoms with Crippen molar-refractivity contribution in [3.63, 3.8) is 0 Å². The highest BCUT2D eigenvalue weighted by molar-refractivity contribution is 5.79. The number of aromatic amines is 1. The van der Waals surface area contributed by atoms with Crippen molar-refractivity contribution in [3.05, 3.63) is 53.9 Å². The molecule has 3 aromatic rings. The smallest absolute Gasteiger partial charge is 0.224 e. The molecule has 0 bridgehead atoms. The summed E-state index contributed by atoms with van der Waals surface area (Å²) in [6.07, 6.45) is 1.14. The maximum absolute atomic E-state index is 12.4. The van der Waals surface area contributed by atoms with E-state index in [4.69, 9.17) is 9.47 Å². The maximum Gasteiger partial charge on any atom is 0.224 e. The molecule has 0 saturated carbocycles. The lowest BCUT2D eigenvalue weighted by Gasteiger charge is -2.13. The molecule has 0 aliphatic carbocycles. The molecule has 1 aromatic heterocycles. The van der Waals surface area contributed by atoms with Gasteiger partial charge in [0.15, 0.2) is 11.5 Å². The number of rotatable bonds is 4. The van der Waals surface area contributed by atoms with Gasteiger partial charge >= 0.3 is 0 Å². The van der Waals surface area contributed by atoms with Gasteiger partial charge in [-0.3, -0.25) is 4.79 Å². The Labute approximate surface area is 151 Å². The Morgan fingerprint density at radius 3 is 2.85 bits per heavy atom. The van der Waals surface area contributed by atoms with E-state index in [1.54, 1.807) is 0 Å². The number of nitrogens with zero attached hydrogens (tertiary/aromatic N) is 1. The van der Waals surface area contributed by atoms with Crippen LogP contribution in [0.15, 0.2) is 42.5 Å². The van der Waals surface area contributed by atoms with Crippen LogP contribution in [0, 0.1) is 0 Å². The van der Waals surface area contributed by atoms with Crippen molar-refractivity contribution in [2.75, 3.05) is 13.2 Å². The van der Waals surface area contributed by atoms with Gasteiger partial charge in [-0.1, -0.05) is 18.2 Å². The molecule has 4 rings (SSSR count). The topological polar surface area (TPSA) is 76.2 Å². The summed E-state index contributed by atoms with van der Waals surface area (Å²) >= 11 is 0. The zero-order chi connectivity index (χ0) is 17.9. The molecule has 1 aliphatic heterocycles. The van der Waals surface area contributed by atoms with Gasteiger partial charge in [0.25, 0.3) is 0 Å². The molecule has 134 valence electrons. The van der Waals surface area contributed by atoms with E-state index in [2.05, 4.69) is 15.3 Å². The van der Waals surface area contributed by atoms with Crippen LogP contribution < -0.4 is 14.8 Å². The van der Waals surface area contributed by atoms with Gasteiger partial charge in [0.05, 0.1) is 36.7 Å². The van der Waals surface area contributed by atoms with Gasteiger partial charge in [0.2, 0.25) is 5.91 Å². The van der Waals surface area contributed by atoms with Gasteiger partial charge in [-0.15, -0.1) is 0 Å². The lowest BCUT2D eigenvalue weighted by Crippen LogP contribution is -2.28. The van der Waals surface area contributed by atoms with E-state index >= 15 is 0 Å². The first-order chi connectivity index (χ1) is 12.7. The Balaban J connectivity index is 1.42. The minimum Gasteiger partial charge on any atom is -0.490 e. The standard InChI is InChI=1S/C20H21N3O3/c1-13(20-22-15-5-2-3-6-16(15)23-20)21-19(24)12-14-7-8-17-18(11-14)26-10-4-9-25-17/h2-3,5-8,11,13H,4,9-10,12H2,1H3,(H,21,24)(H,22,23)/t13-/m1/s1. The molecule has 26 heavy (non-hydrogen) atoms. The van der Waals surface area contributed by atoms with Crippen LogP contribution in [0.4, 0.5) is 0 Å². The molecule has 0 radical (unpaired) electrons. The molecule has 0 fully saturated rings. The molecule has 2 heterocycles. The third-order valence-corrected chi connectivity index (χ3v) is 4.37. The first-order valence-electron chi connectivity index (χ1n) is 8.81. The van der Waals surface area contributed by atoms with E-state index in [-0.39, 0.29) is 18.4 Å². The first-order valence-corrected chi connectivity index (χ1v) is 8.81. The van der Waals surface area contributed by atoms with Crippen LogP contribution in [0.5, 0.6) is 11.5 Å². The van der Waals surface area contributed by atoms with Gasteiger partial charge in [0.1, 0.15) is 5.82 Å². The van der Waals surface area contributed by atoms with E-state index in [0.29, 0.717) is 19.0 Å². The summed E-state index contributed by atoms with van der Waals surface area (Å²) in [4.78, 5) is 20.2. The lowest BCUT2D eigenvalue weighted by atomic mass is 10.1. The molecule has 6 heteroatoms. The number of hydrogen-bond donors (Lipinski definition) is 2. The van der Waals surface area contributed by atoms with Crippen molar-refractivity contribution >= 4 is 16.9 Å². The quantitative estimate of drug-likeness (QED) is 0.757. The highest BCUT2D eigenvalue weighted by Crippen LogP contribution is 2.30. The van der Waals surface area contributed by atoms with Crippen LogP contribution in [-0.4, -0.2) is 29.1 Å². The Morgan fingerprint density at radius 2 is 2.00 bits per heavy atom. The maximum atomic E-state index is 12.4. The molecule has 2 aromatic carbocycles. The van der Waals surface area contributed by atoms with Crippen molar-refractivity contribution in [2.24, 2.45) is 0 Å². The number of nitrogens with one attached hydrogen (secondary N) is 2. The monoisotopic (exact) mass is 351 g/mol. The Morgan fingerprint density at radius 1 is 1.19 bits per heavy atom. The zero-order valence-corrected chi connectivity index (χ0v) is 14.6. The molecule has 1 amide bonds. The Bertz CT molecular complexity index is 902. The van der Waals surface area contributed by atoms with Gasteiger partial charge in [0, 0.05) is 6.42 Å². The van der Waals surface area contributed by atoms with E-state index in [0.717, 1.165) is 34.6 Å². The number of para-hydroxylation sites is 2. The van der Waals surface area contributed by atoms with Gasteiger partial charge < -0.3 is 19.8 Å². The largest absolute Gasteiger partial charge is 0.490 e. The minimum absolute atomic E-state index is 0.0625. The number of aromatic nitrogens is 2. The van der Waals surface area contributed by atoms with Gasteiger partial charge in [-0.05, 0) is 36.8 Å². The second-order valence-electron chi connectivity index (χ2n) is 6.44. The normalized spacial score (nSPS) is 14.7. The van der Waals surface area contributed by atoms with Crippen molar-refractivity contribution in [3.8, 4) is 11.5 Å². The number of benzene rings is 2. The summed E-state index contributed by atoms with van der Waals surface area (Å²) in [6.45, 7) is 3.21. The van der Waals surface area contributed by atoms with E-state index in [1.165, 1.54) is 0 Å². The fourth-order valence-corrected chi connectivity index (χ4v) is 3.04. The summed E-state index contributed by atoms with van der Waals surface area (Å²) in [5, 5.41) is 2.99. The number of carbonyl (C=O) groups is 1. The molecule has 0 unspecified atom stereocenters. The molecule has 0 spiro atoms. The summed E-state index contributed by atoms with van der Waals surface area (Å²) in [5.74, 6) is 2.13. The number of imidazole rings is 1. The van der Waals surface area contributed by atoms with Crippen molar-refractivity contribution in [1.82, 2.24) is 15.3 Å². The van der Waals surface area contributed by atoms with E-state index in [1.807, 2.05) is 49.4 Å². The number of carbonyl (C=O) groups excluding carboxylic acids is 1. The van der Waals surface area contributed by atoms with E-state index in [9.17, 15) is 4.79 Å². The molecule has 2 N–H and O–H groups in total. The van der Waals surface area contributed by atoms with Crippen molar-refractivity contribution in [2.45, 2.75) is 25.8 Å². The summed E-state index contributed by atoms with van der Waals surface area (Å²) < 4.78 is 11.3. The average molecular weight is 351 g/mol. The minimum atomic E-state index is -0.199. The highest BCUT2D eigenvalue weighted by Gasteiger charge is 2.16. The number of amides is 1. The molecular formula is C20H21N3O3. The number of fused-ring (bicyclic) bond motifs is 2. The Kier molecular flexibility index (Phi) is 4.48. The molecular weight excluding hydrogens is 330 g/mol.